The second-order valence-corrected chi connectivity index (χ2v) is 11.1. The Morgan fingerprint density at radius 2 is 1.67 bits per heavy atom. The van der Waals surface area contributed by atoms with Gasteiger partial charge in [0.05, 0.1) is 8.07 Å². The van der Waals surface area contributed by atoms with Crippen molar-refractivity contribution in [3.05, 3.63) is 0 Å². The third kappa shape index (κ3) is 1.96. The molecule has 1 heterocycles. The minimum absolute atomic E-state index is 0.730. The van der Waals surface area contributed by atoms with Crippen molar-refractivity contribution in [2.45, 2.75) is 41.6 Å². The van der Waals surface area contributed by atoms with Crippen molar-refractivity contribution < 1.29 is 0 Å². The monoisotopic (exact) mass is 226 g/mol. The summed E-state index contributed by atoms with van der Waals surface area (Å²) in [5.41, 5.74) is 11.7. The van der Waals surface area contributed by atoms with Crippen LogP contribution in [0.3, 0.4) is 0 Å². The maximum atomic E-state index is 6.10. The Labute approximate surface area is 84.6 Å². The SMILES string of the molecule is C[Si]1(C)CC[C@](N)(Cl)[C@@](N)(Cl)C1. The molecule has 0 amide bonds. The molecule has 0 aromatic rings. The Balaban J connectivity index is 2.82. The molecule has 72 valence electrons. The highest BCUT2D eigenvalue weighted by atomic mass is 35.5. The number of nitrogens with two attached hydrogens (primary N) is 2. The van der Waals surface area contributed by atoms with Gasteiger partial charge in [-0.25, -0.2) is 0 Å². The second-order valence-electron chi connectivity index (χ2n) is 4.57. The van der Waals surface area contributed by atoms with Gasteiger partial charge in [-0.3, -0.25) is 0 Å². The third-order valence-electron chi connectivity index (χ3n) is 2.59. The van der Waals surface area contributed by atoms with Crippen LogP contribution >= 0.6 is 23.2 Å². The second kappa shape index (κ2) is 2.85. The van der Waals surface area contributed by atoms with Gasteiger partial charge in [-0.15, -0.1) is 0 Å². The molecule has 1 rings (SSSR count). The first kappa shape index (κ1) is 10.8. The van der Waals surface area contributed by atoms with Crippen LogP contribution in [0.25, 0.3) is 0 Å². The highest BCUT2D eigenvalue weighted by molar-refractivity contribution is 6.78. The lowest BCUT2D eigenvalue weighted by atomic mass is 10.1. The average Bonchev–Trinajstić information content (AvgIpc) is 1.79. The molecule has 12 heavy (non-hydrogen) atoms. The zero-order chi connectivity index (χ0) is 9.62. The topological polar surface area (TPSA) is 52.0 Å². The first-order chi connectivity index (χ1) is 5.16. The van der Waals surface area contributed by atoms with Gasteiger partial charge >= 0.3 is 0 Å². The predicted octanol–water partition coefficient (Wildman–Crippen LogP) is 1.89. The molecule has 5 heteroatoms. The molecule has 1 saturated heterocycles. The zero-order valence-corrected chi connectivity index (χ0v) is 10.0. The molecule has 2 atom stereocenters. The van der Waals surface area contributed by atoms with Gasteiger partial charge in [-0.1, -0.05) is 42.3 Å². The van der Waals surface area contributed by atoms with Crippen molar-refractivity contribution in [2.75, 3.05) is 0 Å². The number of halogens is 2. The Bertz CT molecular complexity index is 192. The van der Waals surface area contributed by atoms with Crippen LogP contribution in [0.2, 0.25) is 25.2 Å². The normalized spacial score (nSPS) is 47.5. The Morgan fingerprint density at radius 1 is 1.17 bits per heavy atom. The van der Waals surface area contributed by atoms with Crippen LogP contribution < -0.4 is 11.5 Å². The van der Waals surface area contributed by atoms with E-state index in [4.69, 9.17) is 34.7 Å². The summed E-state index contributed by atoms with van der Waals surface area (Å²) in [5.74, 6) is 0. The van der Waals surface area contributed by atoms with Crippen molar-refractivity contribution >= 4 is 31.3 Å². The van der Waals surface area contributed by atoms with Crippen molar-refractivity contribution in [2.24, 2.45) is 11.5 Å². The summed E-state index contributed by atoms with van der Waals surface area (Å²) in [7, 11) is -1.24. The fourth-order valence-corrected chi connectivity index (χ4v) is 6.23. The first-order valence-corrected chi connectivity index (χ1v) is 8.29. The summed E-state index contributed by atoms with van der Waals surface area (Å²) in [6.45, 7) is 4.53. The minimum atomic E-state index is -1.24. The minimum Gasteiger partial charge on any atom is -0.310 e. The van der Waals surface area contributed by atoms with Crippen LogP contribution in [0.1, 0.15) is 6.42 Å². The number of hydrogen-bond donors (Lipinski definition) is 2. The van der Waals surface area contributed by atoms with Gasteiger partial charge in [-0.2, -0.15) is 0 Å². The van der Waals surface area contributed by atoms with Crippen molar-refractivity contribution in [1.82, 2.24) is 0 Å². The lowest BCUT2D eigenvalue weighted by Gasteiger charge is -2.46. The van der Waals surface area contributed by atoms with Gasteiger partial charge in [0.25, 0.3) is 0 Å². The van der Waals surface area contributed by atoms with Crippen LogP contribution in [0, 0.1) is 0 Å². The lowest BCUT2D eigenvalue weighted by molar-refractivity contribution is 0.413. The summed E-state index contributed by atoms with van der Waals surface area (Å²) in [6.07, 6.45) is 0.730. The lowest BCUT2D eigenvalue weighted by Crippen LogP contribution is -2.65. The van der Waals surface area contributed by atoms with E-state index in [-0.39, 0.29) is 0 Å². The van der Waals surface area contributed by atoms with Crippen LogP contribution in [-0.4, -0.2) is 18.1 Å². The van der Waals surface area contributed by atoms with E-state index in [0.717, 1.165) is 18.5 Å². The molecule has 0 bridgehead atoms. The Hall–Kier alpha value is 0.717. The van der Waals surface area contributed by atoms with Crippen LogP contribution in [0.5, 0.6) is 0 Å². The molecular formula is C7H16Cl2N2Si. The molecule has 0 spiro atoms. The molecule has 1 aliphatic rings. The number of hydrogen-bond acceptors (Lipinski definition) is 2. The van der Waals surface area contributed by atoms with Crippen molar-refractivity contribution in [3.8, 4) is 0 Å². The van der Waals surface area contributed by atoms with Crippen LogP contribution in [0.15, 0.2) is 0 Å². The molecule has 0 saturated carbocycles. The Morgan fingerprint density at radius 3 is 2.00 bits per heavy atom. The molecule has 2 nitrogen and oxygen atoms in total. The molecule has 0 aromatic heterocycles. The molecule has 0 radical (unpaired) electrons. The van der Waals surface area contributed by atoms with E-state index in [2.05, 4.69) is 13.1 Å². The van der Waals surface area contributed by atoms with E-state index >= 15 is 0 Å². The molecule has 0 aromatic carbocycles. The van der Waals surface area contributed by atoms with Crippen molar-refractivity contribution in [3.63, 3.8) is 0 Å². The highest BCUT2D eigenvalue weighted by Crippen LogP contribution is 2.44. The van der Waals surface area contributed by atoms with Gasteiger partial charge < -0.3 is 11.5 Å². The molecule has 1 aliphatic heterocycles. The molecule has 0 aliphatic carbocycles. The summed E-state index contributed by atoms with van der Waals surface area (Å²) in [4.78, 5) is -1.83. The maximum absolute atomic E-state index is 6.10. The van der Waals surface area contributed by atoms with Gasteiger partial charge in [-0.05, 0) is 12.5 Å². The fourth-order valence-electron chi connectivity index (χ4n) is 1.66. The van der Waals surface area contributed by atoms with Gasteiger partial charge in [0.15, 0.2) is 0 Å². The van der Waals surface area contributed by atoms with E-state index < -0.39 is 18.1 Å². The van der Waals surface area contributed by atoms with E-state index in [1.54, 1.807) is 0 Å². The maximum Gasteiger partial charge on any atom is 0.123 e. The third-order valence-corrected chi connectivity index (χ3v) is 7.03. The quantitative estimate of drug-likeness (QED) is 0.377. The van der Waals surface area contributed by atoms with Gasteiger partial charge in [0.1, 0.15) is 10.00 Å². The van der Waals surface area contributed by atoms with E-state index in [1.807, 2.05) is 0 Å². The van der Waals surface area contributed by atoms with Crippen LogP contribution in [0.4, 0.5) is 0 Å². The molecule has 1 fully saturated rings. The van der Waals surface area contributed by atoms with Gasteiger partial charge in [0.2, 0.25) is 0 Å². The molecular weight excluding hydrogens is 211 g/mol. The molecule has 0 unspecified atom stereocenters. The predicted molar refractivity (Wildman–Crippen MR) is 57.3 cm³/mol. The zero-order valence-electron chi connectivity index (χ0n) is 7.53. The summed E-state index contributed by atoms with van der Waals surface area (Å²) in [6, 6.07) is 1.90. The summed E-state index contributed by atoms with van der Waals surface area (Å²) < 4.78 is 0. The molecule has 4 N–H and O–H groups in total. The number of rotatable bonds is 0. The summed E-state index contributed by atoms with van der Waals surface area (Å²) in [5, 5.41) is 0. The summed E-state index contributed by atoms with van der Waals surface area (Å²) >= 11 is 12.1. The van der Waals surface area contributed by atoms with Gasteiger partial charge in [0, 0.05) is 0 Å². The Kier molecular flexibility index (Phi) is 2.57. The van der Waals surface area contributed by atoms with E-state index in [9.17, 15) is 0 Å². The average molecular weight is 227 g/mol. The first-order valence-electron chi connectivity index (χ1n) is 4.12. The largest absolute Gasteiger partial charge is 0.310 e. The smallest absolute Gasteiger partial charge is 0.123 e. The highest BCUT2D eigenvalue weighted by Gasteiger charge is 2.51. The van der Waals surface area contributed by atoms with Crippen LogP contribution in [-0.2, 0) is 0 Å². The van der Waals surface area contributed by atoms with Crippen molar-refractivity contribution in [1.29, 1.82) is 0 Å². The van der Waals surface area contributed by atoms with E-state index in [0.29, 0.717) is 0 Å². The number of alkyl halides is 2. The van der Waals surface area contributed by atoms with E-state index in [1.165, 1.54) is 0 Å². The standard InChI is InChI=1S/C7H16Cl2N2Si/c1-12(2)4-3-6(8,10)7(9,11)5-12/h3-5,10-11H2,1-2H3/t6-,7-/m1/s1. The fraction of sp³-hybridized carbons (Fsp3) is 1.00.